The molecule has 1 rings (SSSR count). The summed E-state index contributed by atoms with van der Waals surface area (Å²) in [4.78, 5) is 0. The van der Waals surface area contributed by atoms with Crippen molar-refractivity contribution in [3.8, 4) is 11.8 Å². The van der Waals surface area contributed by atoms with E-state index in [9.17, 15) is 5.11 Å². The summed E-state index contributed by atoms with van der Waals surface area (Å²) in [6, 6.07) is 9.61. The highest BCUT2D eigenvalue weighted by Crippen LogP contribution is 2.09. The van der Waals surface area contributed by atoms with Crippen molar-refractivity contribution >= 4 is 0 Å². The molecule has 0 aromatic heterocycles. The van der Waals surface area contributed by atoms with Crippen molar-refractivity contribution in [2.45, 2.75) is 13.0 Å². The van der Waals surface area contributed by atoms with Crippen molar-refractivity contribution in [2.24, 2.45) is 0 Å². The van der Waals surface area contributed by atoms with Gasteiger partial charge in [-0.1, -0.05) is 36.3 Å². The predicted molar refractivity (Wildman–Crippen MR) is 57.7 cm³/mol. The third-order valence-corrected chi connectivity index (χ3v) is 1.91. The zero-order valence-electron chi connectivity index (χ0n) is 8.33. The Labute approximate surface area is 85.0 Å². The summed E-state index contributed by atoms with van der Waals surface area (Å²) >= 11 is 0. The minimum Gasteiger partial charge on any atom is -0.387 e. The molecule has 1 atom stereocenters. The lowest BCUT2D eigenvalue weighted by Gasteiger charge is -2.10. The maximum atomic E-state index is 9.71. The van der Waals surface area contributed by atoms with Crippen molar-refractivity contribution in [1.29, 1.82) is 0 Å². The minimum absolute atomic E-state index is 0.449. The topological polar surface area (TPSA) is 32.3 Å². The standard InChI is InChI=1S/C12H15NO/c1-2-3-9-13-10-12(14)11-7-5-4-6-8-11/h4-8,12-14H,9-10H2,1H3. The van der Waals surface area contributed by atoms with Crippen LogP contribution < -0.4 is 5.32 Å². The van der Waals surface area contributed by atoms with E-state index in [1.807, 2.05) is 30.3 Å². The summed E-state index contributed by atoms with van der Waals surface area (Å²) in [5.41, 5.74) is 0.935. The molecule has 0 aliphatic carbocycles. The van der Waals surface area contributed by atoms with Gasteiger partial charge in [-0.05, 0) is 12.5 Å². The van der Waals surface area contributed by atoms with Crippen molar-refractivity contribution < 1.29 is 5.11 Å². The maximum absolute atomic E-state index is 9.71. The first kappa shape index (κ1) is 10.8. The summed E-state index contributed by atoms with van der Waals surface area (Å²) < 4.78 is 0. The highest BCUT2D eigenvalue weighted by Gasteiger charge is 2.04. The average molecular weight is 189 g/mol. The molecule has 1 unspecified atom stereocenters. The smallest absolute Gasteiger partial charge is 0.0914 e. The first-order chi connectivity index (χ1) is 6.84. The van der Waals surface area contributed by atoms with Crippen LogP contribution in [-0.4, -0.2) is 18.2 Å². The van der Waals surface area contributed by atoms with E-state index < -0.39 is 6.10 Å². The first-order valence-electron chi connectivity index (χ1n) is 4.68. The van der Waals surface area contributed by atoms with Gasteiger partial charge < -0.3 is 10.4 Å². The van der Waals surface area contributed by atoms with Crippen LogP contribution in [-0.2, 0) is 0 Å². The van der Waals surface area contributed by atoms with E-state index in [1.165, 1.54) is 0 Å². The molecule has 0 bridgehead atoms. The summed E-state index contributed by atoms with van der Waals surface area (Å²) in [6.07, 6.45) is -0.449. The number of aliphatic hydroxyl groups excluding tert-OH is 1. The molecule has 0 saturated carbocycles. The van der Waals surface area contributed by atoms with E-state index in [1.54, 1.807) is 6.92 Å². The Hall–Kier alpha value is -1.30. The van der Waals surface area contributed by atoms with Crippen LogP contribution in [0.2, 0.25) is 0 Å². The third-order valence-electron chi connectivity index (χ3n) is 1.91. The molecule has 0 fully saturated rings. The lowest BCUT2D eigenvalue weighted by Crippen LogP contribution is -2.21. The van der Waals surface area contributed by atoms with Crippen LogP contribution in [0, 0.1) is 11.8 Å². The monoisotopic (exact) mass is 189 g/mol. The predicted octanol–water partition coefficient (Wildman–Crippen LogP) is 1.33. The maximum Gasteiger partial charge on any atom is 0.0914 e. The fourth-order valence-corrected chi connectivity index (χ4v) is 1.15. The quantitative estimate of drug-likeness (QED) is 0.553. The van der Waals surface area contributed by atoms with Crippen LogP contribution in [0.5, 0.6) is 0 Å². The number of rotatable bonds is 4. The van der Waals surface area contributed by atoms with E-state index >= 15 is 0 Å². The van der Waals surface area contributed by atoms with Crippen molar-refractivity contribution in [3.05, 3.63) is 35.9 Å². The molecule has 2 nitrogen and oxygen atoms in total. The van der Waals surface area contributed by atoms with Gasteiger partial charge in [0.2, 0.25) is 0 Å². The molecule has 0 aliphatic heterocycles. The van der Waals surface area contributed by atoms with E-state index in [0.29, 0.717) is 13.1 Å². The van der Waals surface area contributed by atoms with Crippen molar-refractivity contribution in [1.82, 2.24) is 5.32 Å². The summed E-state index contributed by atoms with van der Waals surface area (Å²) in [7, 11) is 0. The van der Waals surface area contributed by atoms with E-state index in [0.717, 1.165) is 5.56 Å². The van der Waals surface area contributed by atoms with Gasteiger partial charge in [-0.25, -0.2) is 0 Å². The molecule has 0 radical (unpaired) electrons. The van der Waals surface area contributed by atoms with Crippen LogP contribution in [0.3, 0.4) is 0 Å². The molecule has 1 aromatic carbocycles. The van der Waals surface area contributed by atoms with E-state index in [2.05, 4.69) is 17.2 Å². The largest absolute Gasteiger partial charge is 0.387 e. The molecule has 2 N–H and O–H groups in total. The molecule has 0 aliphatic rings. The number of hydrogen-bond acceptors (Lipinski definition) is 2. The molecule has 0 spiro atoms. The zero-order chi connectivity index (χ0) is 10.2. The summed E-state index contributed by atoms with van der Waals surface area (Å²) in [5.74, 6) is 5.67. The normalized spacial score (nSPS) is 11.6. The van der Waals surface area contributed by atoms with Gasteiger partial charge in [0.25, 0.3) is 0 Å². The van der Waals surface area contributed by atoms with Gasteiger partial charge in [-0.2, -0.15) is 0 Å². The van der Waals surface area contributed by atoms with Crippen molar-refractivity contribution in [2.75, 3.05) is 13.1 Å². The second kappa shape index (κ2) is 6.20. The fourth-order valence-electron chi connectivity index (χ4n) is 1.15. The van der Waals surface area contributed by atoms with Crippen molar-refractivity contribution in [3.63, 3.8) is 0 Å². The Bertz CT molecular complexity index is 310. The second-order valence-corrected chi connectivity index (χ2v) is 2.98. The summed E-state index contributed by atoms with van der Waals surface area (Å²) in [5, 5.41) is 12.8. The summed E-state index contributed by atoms with van der Waals surface area (Å²) in [6.45, 7) is 2.97. The second-order valence-electron chi connectivity index (χ2n) is 2.98. The molecule has 2 heteroatoms. The van der Waals surface area contributed by atoms with Crippen LogP contribution >= 0.6 is 0 Å². The number of hydrogen-bond donors (Lipinski definition) is 2. The molecule has 74 valence electrons. The van der Waals surface area contributed by atoms with Gasteiger partial charge in [-0.3, -0.25) is 0 Å². The number of aliphatic hydroxyl groups is 1. The minimum atomic E-state index is -0.449. The van der Waals surface area contributed by atoms with Gasteiger partial charge in [0.15, 0.2) is 0 Å². The average Bonchev–Trinajstić information content (AvgIpc) is 2.25. The van der Waals surface area contributed by atoms with E-state index in [4.69, 9.17) is 0 Å². The molecular weight excluding hydrogens is 174 g/mol. The third kappa shape index (κ3) is 3.61. The number of nitrogens with one attached hydrogen (secondary N) is 1. The molecule has 14 heavy (non-hydrogen) atoms. The van der Waals surface area contributed by atoms with Gasteiger partial charge >= 0.3 is 0 Å². The van der Waals surface area contributed by atoms with Gasteiger partial charge in [0, 0.05) is 6.54 Å². The van der Waals surface area contributed by atoms with E-state index in [-0.39, 0.29) is 0 Å². The van der Waals surface area contributed by atoms with Crippen LogP contribution in [0.4, 0.5) is 0 Å². The SMILES string of the molecule is CC#CCNCC(O)c1ccccc1. The lowest BCUT2D eigenvalue weighted by molar-refractivity contribution is 0.176. The van der Waals surface area contributed by atoms with Crippen LogP contribution in [0.15, 0.2) is 30.3 Å². The van der Waals surface area contributed by atoms with Crippen LogP contribution in [0.1, 0.15) is 18.6 Å². The zero-order valence-corrected chi connectivity index (χ0v) is 8.33. The molecule has 1 aromatic rings. The first-order valence-corrected chi connectivity index (χ1v) is 4.68. The fraction of sp³-hybridized carbons (Fsp3) is 0.333. The highest BCUT2D eigenvalue weighted by atomic mass is 16.3. The molecule has 0 heterocycles. The molecule has 0 saturated heterocycles. The number of benzene rings is 1. The lowest BCUT2D eigenvalue weighted by atomic mass is 10.1. The molecular formula is C12H15NO. The van der Waals surface area contributed by atoms with Gasteiger partial charge in [0.1, 0.15) is 0 Å². The Kier molecular flexibility index (Phi) is 4.77. The Morgan fingerprint density at radius 3 is 2.71 bits per heavy atom. The Balaban J connectivity index is 2.34. The molecule has 0 amide bonds. The Morgan fingerprint density at radius 1 is 1.36 bits per heavy atom. The highest BCUT2D eigenvalue weighted by molar-refractivity contribution is 5.17. The Morgan fingerprint density at radius 2 is 2.07 bits per heavy atom. The van der Waals surface area contributed by atoms with Crippen LogP contribution in [0.25, 0.3) is 0 Å². The van der Waals surface area contributed by atoms with Gasteiger partial charge in [0.05, 0.1) is 12.6 Å². The van der Waals surface area contributed by atoms with Gasteiger partial charge in [-0.15, -0.1) is 5.92 Å².